The molecule has 1 nitrogen and oxygen atoms in total. The predicted octanol–water partition coefficient (Wildman–Crippen LogP) is 4.11. The first-order valence-corrected chi connectivity index (χ1v) is 9.62. The summed E-state index contributed by atoms with van der Waals surface area (Å²) in [6, 6.07) is 4.66. The molecule has 21 heavy (non-hydrogen) atoms. The molecule has 0 saturated carbocycles. The quantitative estimate of drug-likeness (QED) is 0.842. The molecule has 1 N–H and O–H groups in total. The van der Waals surface area contributed by atoms with E-state index in [-0.39, 0.29) is 6.04 Å². The smallest absolute Gasteiger partial charge is 0.162 e. The van der Waals surface area contributed by atoms with Crippen molar-refractivity contribution in [1.29, 1.82) is 0 Å². The SMILES string of the molecule is CCCNC(Cc1cccc(F)c1F)C1SCCSC1C. The van der Waals surface area contributed by atoms with Crippen LogP contribution in [-0.2, 0) is 6.42 Å². The third-order valence-corrected chi connectivity index (χ3v) is 7.01. The minimum Gasteiger partial charge on any atom is -0.313 e. The third kappa shape index (κ3) is 4.60. The lowest BCUT2D eigenvalue weighted by atomic mass is 10.0. The number of benzene rings is 1. The zero-order chi connectivity index (χ0) is 15.2. The van der Waals surface area contributed by atoms with Crippen LogP contribution in [0.1, 0.15) is 25.8 Å². The molecule has 1 aromatic carbocycles. The van der Waals surface area contributed by atoms with Crippen molar-refractivity contribution in [2.24, 2.45) is 0 Å². The molecule has 0 amide bonds. The maximum atomic E-state index is 13.9. The number of rotatable bonds is 6. The molecule has 1 fully saturated rings. The van der Waals surface area contributed by atoms with Crippen LogP contribution in [0.4, 0.5) is 8.78 Å². The summed E-state index contributed by atoms with van der Waals surface area (Å²) in [5.74, 6) is 0.870. The van der Waals surface area contributed by atoms with E-state index in [4.69, 9.17) is 0 Å². The molecule has 1 aliphatic rings. The molecule has 1 aromatic rings. The lowest BCUT2D eigenvalue weighted by Gasteiger charge is -2.35. The standard InChI is InChI=1S/C16H23F2NS2/c1-3-7-19-14(16-11(2)20-8-9-21-16)10-12-5-4-6-13(17)15(12)18/h4-6,11,14,16,19H,3,7-10H2,1-2H3. The van der Waals surface area contributed by atoms with Crippen molar-refractivity contribution >= 4 is 23.5 Å². The molecular weight excluding hydrogens is 308 g/mol. The van der Waals surface area contributed by atoms with Gasteiger partial charge in [-0.2, -0.15) is 23.5 Å². The Kier molecular flexibility index (Phi) is 6.83. The van der Waals surface area contributed by atoms with Crippen LogP contribution >= 0.6 is 23.5 Å². The van der Waals surface area contributed by atoms with Gasteiger partial charge in [0.05, 0.1) is 0 Å². The zero-order valence-corrected chi connectivity index (χ0v) is 14.2. The Labute approximate surface area is 134 Å². The van der Waals surface area contributed by atoms with Gasteiger partial charge < -0.3 is 5.32 Å². The largest absolute Gasteiger partial charge is 0.313 e. The number of nitrogens with one attached hydrogen (secondary N) is 1. The van der Waals surface area contributed by atoms with Gasteiger partial charge in [-0.05, 0) is 31.0 Å². The van der Waals surface area contributed by atoms with Gasteiger partial charge in [0.15, 0.2) is 11.6 Å². The highest BCUT2D eigenvalue weighted by atomic mass is 32.2. The van der Waals surface area contributed by atoms with Crippen molar-refractivity contribution < 1.29 is 8.78 Å². The molecule has 0 spiro atoms. The fourth-order valence-corrected chi connectivity index (χ4v) is 5.63. The fraction of sp³-hybridized carbons (Fsp3) is 0.625. The van der Waals surface area contributed by atoms with Crippen LogP contribution in [0.15, 0.2) is 18.2 Å². The lowest BCUT2D eigenvalue weighted by Crippen LogP contribution is -2.46. The average Bonchev–Trinajstić information content (AvgIpc) is 2.48. The van der Waals surface area contributed by atoms with E-state index in [2.05, 4.69) is 19.2 Å². The summed E-state index contributed by atoms with van der Waals surface area (Å²) in [6.07, 6.45) is 1.59. The molecule has 0 aromatic heterocycles. The van der Waals surface area contributed by atoms with Crippen molar-refractivity contribution in [2.75, 3.05) is 18.1 Å². The van der Waals surface area contributed by atoms with Crippen LogP contribution in [0.3, 0.4) is 0 Å². The molecule has 0 bridgehead atoms. The van der Waals surface area contributed by atoms with Gasteiger partial charge in [-0.15, -0.1) is 0 Å². The maximum Gasteiger partial charge on any atom is 0.162 e. The summed E-state index contributed by atoms with van der Waals surface area (Å²) >= 11 is 3.94. The highest BCUT2D eigenvalue weighted by Crippen LogP contribution is 2.34. The van der Waals surface area contributed by atoms with Crippen LogP contribution in [0, 0.1) is 11.6 Å². The Balaban J connectivity index is 2.13. The van der Waals surface area contributed by atoms with E-state index >= 15 is 0 Å². The Hall–Kier alpha value is -0.260. The van der Waals surface area contributed by atoms with Gasteiger partial charge >= 0.3 is 0 Å². The first-order chi connectivity index (χ1) is 10.1. The highest BCUT2D eigenvalue weighted by molar-refractivity contribution is 8.07. The van der Waals surface area contributed by atoms with E-state index in [1.54, 1.807) is 12.1 Å². The fourth-order valence-electron chi connectivity index (χ4n) is 2.67. The van der Waals surface area contributed by atoms with E-state index in [1.807, 2.05) is 23.5 Å². The van der Waals surface area contributed by atoms with Gasteiger partial charge in [-0.25, -0.2) is 8.78 Å². The van der Waals surface area contributed by atoms with Crippen LogP contribution in [0.2, 0.25) is 0 Å². The molecule has 1 aliphatic heterocycles. The second-order valence-electron chi connectivity index (χ2n) is 5.39. The highest BCUT2D eigenvalue weighted by Gasteiger charge is 2.30. The molecule has 3 atom stereocenters. The Bertz CT molecular complexity index is 456. The molecule has 1 saturated heterocycles. The van der Waals surface area contributed by atoms with E-state index < -0.39 is 11.6 Å². The number of halogens is 2. The second kappa shape index (κ2) is 8.39. The minimum atomic E-state index is -0.750. The molecule has 0 radical (unpaired) electrons. The Morgan fingerprint density at radius 3 is 2.76 bits per heavy atom. The van der Waals surface area contributed by atoms with Crippen LogP contribution < -0.4 is 5.32 Å². The third-order valence-electron chi connectivity index (χ3n) is 3.76. The van der Waals surface area contributed by atoms with Crippen LogP contribution in [0.5, 0.6) is 0 Å². The number of hydrogen-bond donors (Lipinski definition) is 1. The molecule has 1 heterocycles. The number of thioether (sulfide) groups is 2. The summed E-state index contributed by atoms with van der Waals surface area (Å²) in [5.41, 5.74) is 0.479. The van der Waals surface area contributed by atoms with E-state index in [9.17, 15) is 8.78 Å². The summed E-state index contributed by atoms with van der Waals surface area (Å²) in [5, 5.41) is 4.52. The van der Waals surface area contributed by atoms with Crippen LogP contribution in [-0.4, -0.2) is 34.6 Å². The van der Waals surface area contributed by atoms with Crippen molar-refractivity contribution in [3.8, 4) is 0 Å². The van der Waals surface area contributed by atoms with Gasteiger partial charge in [0.25, 0.3) is 0 Å². The van der Waals surface area contributed by atoms with Crippen molar-refractivity contribution in [3.63, 3.8) is 0 Å². The summed E-state index contributed by atoms with van der Waals surface area (Å²) in [6.45, 7) is 5.28. The van der Waals surface area contributed by atoms with Crippen molar-refractivity contribution in [2.45, 2.75) is 43.2 Å². The molecular formula is C16H23F2NS2. The Morgan fingerprint density at radius 1 is 1.29 bits per heavy atom. The van der Waals surface area contributed by atoms with Gasteiger partial charge in [-0.3, -0.25) is 0 Å². The molecule has 3 unspecified atom stereocenters. The average molecular weight is 331 g/mol. The van der Waals surface area contributed by atoms with Gasteiger partial charge in [-0.1, -0.05) is 26.0 Å². The van der Waals surface area contributed by atoms with Crippen molar-refractivity contribution in [3.05, 3.63) is 35.4 Å². The lowest BCUT2D eigenvalue weighted by molar-refractivity contribution is 0.459. The summed E-state index contributed by atoms with van der Waals surface area (Å²) in [4.78, 5) is 0. The summed E-state index contributed by atoms with van der Waals surface area (Å²) < 4.78 is 27.3. The van der Waals surface area contributed by atoms with E-state index in [0.29, 0.717) is 22.5 Å². The zero-order valence-electron chi connectivity index (χ0n) is 12.6. The van der Waals surface area contributed by atoms with Crippen LogP contribution in [0.25, 0.3) is 0 Å². The minimum absolute atomic E-state index is 0.189. The monoisotopic (exact) mass is 331 g/mol. The van der Waals surface area contributed by atoms with E-state index in [1.165, 1.54) is 11.8 Å². The second-order valence-corrected chi connectivity index (χ2v) is 8.16. The number of hydrogen-bond acceptors (Lipinski definition) is 3. The summed E-state index contributed by atoms with van der Waals surface area (Å²) in [7, 11) is 0. The molecule has 2 rings (SSSR count). The topological polar surface area (TPSA) is 12.0 Å². The maximum absolute atomic E-state index is 13.9. The molecule has 5 heteroatoms. The molecule has 118 valence electrons. The van der Waals surface area contributed by atoms with E-state index in [0.717, 1.165) is 18.7 Å². The van der Waals surface area contributed by atoms with Gasteiger partial charge in [0.2, 0.25) is 0 Å². The molecule has 0 aliphatic carbocycles. The normalized spacial score (nSPS) is 24.0. The van der Waals surface area contributed by atoms with Gasteiger partial charge in [0, 0.05) is 28.0 Å². The van der Waals surface area contributed by atoms with Crippen molar-refractivity contribution in [1.82, 2.24) is 5.32 Å². The first kappa shape index (κ1) is 17.1. The Morgan fingerprint density at radius 2 is 2.05 bits per heavy atom. The van der Waals surface area contributed by atoms with Gasteiger partial charge in [0.1, 0.15) is 0 Å². The first-order valence-electron chi connectivity index (χ1n) is 7.53. The predicted molar refractivity (Wildman–Crippen MR) is 90.3 cm³/mol.